The average Bonchev–Trinajstić information content (AvgIpc) is 2.85. The van der Waals surface area contributed by atoms with E-state index in [0.717, 1.165) is 12.5 Å². The van der Waals surface area contributed by atoms with Crippen LogP contribution in [0.2, 0.25) is 0 Å². The van der Waals surface area contributed by atoms with E-state index in [4.69, 9.17) is 4.74 Å². The van der Waals surface area contributed by atoms with Crippen LogP contribution in [0.15, 0.2) is 70.4 Å². The van der Waals surface area contributed by atoms with Crippen molar-refractivity contribution in [2.45, 2.75) is 23.8 Å². The molecule has 2 aliphatic rings. The second-order valence-electron chi connectivity index (χ2n) is 8.88. The molecule has 2 bridgehead atoms. The summed E-state index contributed by atoms with van der Waals surface area (Å²) in [6.07, 6.45) is 0.727. The monoisotopic (exact) mass is 497 g/mol. The molecule has 0 aliphatic carbocycles. The molecule has 1 aromatic heterocycles. The van der Waals surface area contributed by atoms with E-state index in [0.29, 0.717) is 36.6 Å². The summed E-state index contributed by atoms with van der Waals surface area (Å²) >= 11 is 0. The molecule has 3 aromatic rings. The number of hydrogen-bond donors (Lipinski definition) is 1. The van der Waals surface area contributed by atoms with Crippen LogP contribution in [0.3, 0.4) is 0 Å². The van der Waals surface area contributed by atoms with Crippen LogP contribution >= 0.6 is 0 Å². The molecule has 1 fully saturated rings. The van der Waals surface area contributed by atoms with Crippen LogP contribution in [-0.2, 0) is 16.6 Å². The lowest BCUT2D eigenvalue weighted by molar-refractivity contribution is 0.0595. The average molecular weight is 498 g/mol. The maximum atomic E-state index is 13.6. The Bertz CT molecular complexity index is 1450. The van der Waals surface area contributed by atoms with Crippen LogP contribution in [0.4, 0.5) is 10.1 Å². The minimum Gasteiger partial charge on any atom is -0.497 e. The first kappa shape index (κ1) is 23.1. The number of aromatic nitrogens is 1. The molecule has 2 aliphatic heterocycles. The van der Waals surface area contributed by atoms with Gasteiger partial charge in [-0.3, -0.25) is 14.3 Å². The number of anilines is 1. The molecule has 8 nitrogen and oxygen atoms in total. The third-order valence-electron chi connectivity index (χ3n) is 6.56. The van der Waals surface area contributed by atoms with E-state index in [2.05, 4.69) is 4.72 Å². The molecule has 0 saturated carbocycles. The number of fused-ring (bicyclic) bond motifs is 4. The number of rotatable bonds is 5. The van der Waals surface area contributed by atoms with Crippen molar-refractivity contribution < 1.29 is 22.3 Å². The minimum atomic E-state index is -4.09. The highest BCUT2D eigenvalue weighted by Gasteiger charge is 2.38. The Morgan fingerprint density at radius 3 is 2.54 bits per heavy atom. The normalized spacial score (nSPS) is 19.1. The maximum Gasteiger partial charge on any atom is 0.262 e. The number of nitrogens with zero attached hydrogens (tertiary/aromatic N) is 2. The lowest BCUT2D eigenvalue weighted by atomic mass is 9.82. The highest BCUT2D eigenvalue weighted by molar-refractivity contribution is 7.92. The van der Waals surface area contributed by atoms with Gasteiger partial charge in [0.05, 0.1) is 23.4 Å². The van der Waals surface area contributed by atoms with Gasteiger partial charge >= 0.3 is 0 Å². The molecule has 1 amide bonds. The number of carbonyl (C=O) groups is 1. The molecule has 1 N–H and O–H groups in total. The summed E-state index contributed by atoms with van der Waals surface area (Å²) in [7, 11) is -2.53. The molecule has 1 saturated heterocycles. The number of ether oxygens (including phenoxy) is 1. The third-order valence-corrected chi connectivity index (χ3v) is 7.93. The number of amides is 1. The van der Waals surface area contributed by atoms with Gasteiger partial charge in [-0.1, -0.05) is 6.07 Å². The zero-order valence-corrected chi connectivity index (χ0v) is 19.8. The SMILES string of the molecule is COc1ccc(C(=O)N2C[C@@H]3C[C@H](C2)c2c(NS(=O)(=O)c4cccc(F)c4)ccc(=O)n2C3)cc1. The van der Waals surface area contributed by atoms with Gasteiger partial charge < -0.3 is 14.2 Å². The van der Waals surface area contributed by atoms with Crippen LogP contribution < -0.4 is 15.0 Å². The number of methoxy groups -OCH3 is 1. The molecule has 3 heterocycles. The van der Waals surface area contributed by atoms with Crippen molar-refractivity contribution in [3.63, 3.8) is 0 Å². The fraction of sp³-hybridized carbons (Fsp3) is 0.280. The van der Waals surface area contributed by atoms with E-state index in [1.807, 2.05) is 0 Å². The van der Waals surface area contributed by atoms with E-state index in [-0.39, 0.29) is 33.9 Å². The van der Waals surface area contributed by atoms with Gasteiger partial charge in [-0.2, -0.15) is 0 Å². The Morgan fingerprint density at radius 2 is 1.83 bits per heavy atom. The van der Waals surface area contributed by atoms with Crippen LogP contribution in [0.25, 0.3) is 0 Å². The predicted molar refractivity (Wildman–Crippen MR) is 128 cm³/mol. The van der Waals surface area contributed by atoms with E-state index in [1.54, 1.807) is 40.8 Å². The third kappa shape index (κ3) is 4.41. The summed E-state index contributed by atoms with van der Waals surface area (Å²) in [5.41, 5.74) is 1.11. The Morgan fingerprint density at radius 1 is 1.06 bits per heavy atom. The summed E-state index contributed by atoms with van der Waals surface area (Å²) in [6, 6.07) is 14.4. The predicted octanol–water partition coefficient (Wildman–Crippen LogP) is 3.06. The van der Waals surface area contributed by atoms with E-state index >= 15 is 0 Å². The van der Waals surface area contributed by atoms with Gasteiger partial charge in [0, 0.05) is 37.2 Å². The largest absolute Gasteiger partial charge is 0.497 e. The van der Waals surface area contributed by atoms with Crippen molar-refractivity contribution in [2.24, 2.45) is 5.92 Å². The van der Waals surface area contributed by atoms with Crippen molar-refractivity contribution in [1.29, 1.82) is 0 Å². The van der Waals surface area contributed by atoms with Gasteiger partial charge in [0.1, 0.15) is 11.6 Å². The maximum absolute atomic E-state index is 13.6. The number of piperidine rings is 1. The molecular formula is C25H24FN3O5S. The molecule has 0 radical (unpaired) electrons. The smallest absolute Gasteiger partial charge is 0.262 e. The summed E-state index contributed by atoms with van der Waals surface area (Å²) in [4.78, 5) is 27.4. The van der Waals surface area contributed by atoms with Gasteiger partial charge in [0.15, 0.2) is 0 Å². The lowest BCUT2D eigenvalue weighted by Crippen LogP contribution is -2.49. The first-order chi connectivity index (χ1) is 16.7. The molecular weight excluding hydrogens is 473 g/mol. The molecule has 2 atom stereocenters. The summed E-state index contributed by atoms with van der Waals surface area (Å²) < 4.78 is 48.9. The number of benzene rings is 2. The summed E-state index contributed by atoms with van der Waals surface area (Å²) in [6.45, 7) is 1.23. The standard InChI is InChI=1S/C25H24FN3O5S/c1-34-20-7-5-17(6-8-20)25(31)28-13-16-11-18(15-28)24-22(9-10-23(30)29(24)14-16)27-35(32,33)21-4-2-3-19(26)12-21/h2-10,12,16,18,27H,11,13-15H2,1H3/t16-,18+/m0/s1. The second-order valence-corrected chi connectivity index (χ2v) is 10.6. The lowest BCUT2D eigenvalue weighted by Gasteiger charge is -2.43. The molecule has 0 spiro atoms. The fourth-order valence-electron chi connectivity index (χ4n) is 5.02. The van der Waals surface area contributed by atoms with Crippen molar-refractivity contribution in [1.82, 2.24) is 9.47 Å². The number of likely N-dealkylation sites (tertiary alicyclic amines) is 1. The Hall–Kier alpha value is -3.66. The number of sulfonamides is 1. The summed E-state index contributed by atoms with van der Waals surface area (Å²) in [5, 5.41) is 0. The molecule has 182 valence electrons. The van der Waals surface area contributed by atoms with E-state index < -0.39 is 15.8 Å². The summed E-state index contributed by atoms with van der Waals surface area (Å²) in [5.74, 6) is -0.307. The number of pyridine rings is 1. The molecule has 5 rings (SSSR count). The van der Waals surface area contributed by atoms with Gasteiger partial charge in [-0.15, -0.1) is 0 Å². The topological polar surface area (TPSA) is 97.7 Å². The minimum absolute atomic E-state index is 0.0659. The number of nitrogens with one attached hydrogen (secondary N) is 1. The van der Waals surface area contributed by atoms with Crippen molar-refractivity contribution >= 4 is 21.6 Å². The number of halogens is 1. The Kier molecular flexibility index (Phi) is 5.84. The van der Waals surface area contributed by atoms with E-state index in [1.165, 1.54) is 30.3 Å². The van der Waals surface area contributed by atoms with Crippen molar-refractivity contribution in [3.8, 4) is 5.75 Å². The highest BCUT2D eigenvalue weighted by atomic mass is 32.2. The molecule has 35 heavy (non-hydrogen) atoms. The van der Waals surface area contributed by atoms with Crippen molar-refractivity contribution in [3.05, 3.63) is 88.1 Å². The molecule has 10 heteroatoms. The van der Waals surface area contributed by atoms with Crippen LogP contribution in [0.5, 0.6) is 5.75 Å². The fourth-order valence-corrected chi connectivity index (χ4v) is 6.13. The van der Waals surface area contributed by atoms with Gasteiger partial charge in [0.2, 0.25) is 0 Å². The molecule has 2 aromatic carbocycles. The zero-order chi connectivity index (χ0) is 24.7. The molecule has 0 unspecified atom stereocenters. The zero-order valence-electron chi connectivity index (χ0n) is 19.0. The van der Waals surface area contributed by atoms with Gasteiger partial charge in [-0.05, 0) is 60.9 Å². The van der Waals surface area contributed by atoms with Gasteiger partial charge in [0.25, 0.3) is 21.5 Å². The quantitative estimate of drug-likeness (QED) is 0.584. The Balaban J connectivity index is 1.46. The first-order valence-corrected chi connectivity index (χ1v) is 12.7. The first-order valence-electron chi connectivity index (χ1n) is 11.2. The van der Waals surface area contributed by atoms with Crippen molar-refractivity contribution in [2.75, 3.05) is 24.9 Å². The number of hydrogen-bond acceptors (Lipinski definition) is 5. The van der Waals surface area contributed by atoms with Gasteiger partial charge in [-0.25, -0.2) is 12.8 Å². The van der Waals surface area contributed by atoms with Crippen LogP contribution in [-0.4, -0.2) is 44.0 Å². The van der Waals surface area contributed by atoms with Crippen LogP contribution in [0.1, 0.15) is 28.4 Å². The number of carbonyl (C=O) groups excluding carboxylic acids is 1. The second kappa shape index (κ2) is 8.84. The van der Waals surface area contributed by atoms with Crippen LogP contribution in [0, 0.1) is 11.7 Å². The van der Waals surface area contributed by atoms with E-state index in [9.17, 15) is 22.4 Å². The highest BCUT2D eigenvalue weighted by Crippen LogP contribution is 2.39. The Labute approximate surface area is 202 Å².